The first-order valence-electron chi connectivity index (χ1n) is 8.03. The molecule has 2 aromatic carbocycles. The molecule has 7 nitrogen and oxygen atoms in total. The number of nitro groups is 1. The second-order valence-electron chi connectivity index (χ2n) is 5.98. The van der Waals surface area contributed by atoms with Gasteiger partial charge in [0, 0.05) is 17.3 Å². The van der Waals surface area contributed by atoms with Gasteiger partial charge in [0.25, 0.3) is 5.69 Å². The number of halogens is 6. The third-order valence-electron chi connectivity index (χ3n) is 3.92. The van der Waals surface area contributed by atoms with Gasteiger partial charge in [0.1, 0.15) is 5.56 Å². The minimum atomic E-state index is -5.13. The molecule has 1 atom stereocenters. The van der Waals surface area contributed by atoms with E-state index in [1.165, 1.54) is 6.07 Å². The van der Waals surface area contributed by atoms with Gasteiger partial charge in [0.2, 0.25) is 5.91 Å². The zero-order chi connectivity index (χ0) is 23.6. The van der Waals surface area contributed by atoms with Gasteiger partial charge in [-0.1, -0.05) is 12.1 Å². The van der Waals surface area contributed by atoms with Crippen LogP contribution in [0.25, 0.3) is 0 Å². The van der Waals surface area contributed by atoms with Gasteiger partial charge < -0.3 is 5.32 Å². The second-order valence-corrected chi connectivity index (χ2v) is 5.98. The Hall–Kier alpha value is -3.95. The third kappa shape index (κ3) is 5.35. The van der Waals surface area contributed by atoms with E-state index in [0.29, 0.717) is 18.2 Å². The topological polar surface area (TPSA) is 113 Å². The lowest BCUT2D eigenvalue weighted by molar-refractivity contribution is -0.388. The predicted molar refractivity (Wildman–Crippen MR) is 91.6 cm³/mol. The number of benzene rings is 2. The van der Waals surface area contributed by atoms with E-state index in [4.69, 9.17) is 5.26 Å². The molecule has 31 heavy (non-hydrogen) atoms. The Morgan fingerprint density at radius 2 is 1.58 bits per heavy atom. The Morgan fingerprint density at radius 3 is 2.03 bits per heavy atom. The number of rotatable bonds is 5. The summed E-state index contributed by atoms with van der Waals surface area (Å²) in [6, 6.07) is 5.45. The molecular formula is C18H9F6N3O4. The summed E-state index contributed by atoms with van der Waals surface area (Å²) in [5.74, 6) is -4.65. The third-order valence-corrected chi connectivity index (χ3v) is 3.92. The lowest BCUT2D eigenvalue weighted by atomic mass is 9.97. The zero-order valence-corrected chi connectivity index (χ0v) is 14.9. The van der Waals surface area contributed by atoms with Crippen LogP contribution in [0.4, 0.5) is 37.7 Å². The molecule has 0 aliphatic rings. The maximum atomic E-state index is 13.0. The van der Waals surface area contributed by atoms with Crippen molar-refractivity contribution in [3.05, 3.63) is 69.3 Å². The maximum absolute atomic E-state index is 13.0. The van der Waals surface area contributed by atoms with Crippen molar-refractivity contribution in [1.29, 1.82) is 5.26 Å². The minimum absolute atomic E-state index is 0.257. The first-order chi connectivity index (χ1) is 14.3. The first-order valence-corrected chi connectivity index (χ1v) is 8.03. The molecule has 13 heteroatoms. The highest BCUT2D eigenvalue weighted by Gasteiger charge is 2.39. The summed E-state index contributed by atoms with van der Waals surface area (Å²) in [6.07, 6.45) is -9.81. The van der Waals surface area contributed by atoms with Crippen LogP contribution in [0.2, 0.25) is 0 Å². The van der Waals surface area contributed by atoms with Crippen LogP contribution in [0, 0.1) is 27.4 Å². The van der Waals surface area contributed by atoms with Crippen LogP contribution in [0.1, 0.15) is 21.5 Å². The SMILES string of the molecule is N#CC(C(=O)Nc1ccc([N+](=O)[O-])c(C(F)(F)F)c1)C(=O)c1ccc(C(F)(F)F)cc1. The first kappa shape index (κ1) is 23.3. The number of Topliss-reactive ketones (excluding diaryl/α,β-unsaturated/α-hetero) is 1. The number of nitriles is 1. The van der Waals surface area contributed by atoms with Crippen LogP contribution in [0.5, 0.6) is 0 Å². The standard InChI is InChI=1S/C18H9F6N3O4/c19-17(20,21)10-3-1-9(2-4-10)15(28)12(8-25)16(29)26-11-5-6-14(27(30)31)13(7-11)18(22,23)24/h1-7,12H,(H,26,29). The minimum Gasteiger partial charge on any atom is -0.325 e. The van der Waals surface area contributed by atoms with Crippen molar-refractivity contribution >= 4 is 23.1 Å². The number of hydrogen-bond acceptors (Lipinski definition) is 5. The number of hydrogen-bond donors (Lipinski definition) is 1. The molecule has 0 saturated heterocycles. The van der Waals surface area contributed by atoms with Crippen LogP contribution in [0.15, 0.2) is 42.5 Å². The molecule has 2 rings (SSSR count). The van der Waals surface area contributed by atoms with Crippen molar-refractivity contribution in [2.75, 3.05) is 5.32 Å². The van der Waals surface area contributed by atoms with Crippen molar-refractivity contribution in [1.82, 2.24) is 0 Å². The average Bonchev–Trinajstić information content (AvgIpc) is 2.67. The van der Waals surface area contributed by atoms with Crippen molar-refractivity contribution < 1.29 is 40.9 Å². The molecule has 162 valence electrons. The molecule has 0 fully saturated rings. The van der Waals surface area contributed by atoms with Crippen molar-refractivity contribution in [3.63, 3.8) is 0 Å². The molecule has 1 N–H and O–H groups in total. The molecule has 0 spiro atoms. The number of carbonyl (C=O) groups excluding carboxylic acids is 2. The number of carbonyl (C=O) groups is 2. The Balaban J connectivity index is 2.28. The molecule has 0 aliphatic heterocycles. The molecule has 0 aliphatic carbocycles. The lowest BCUT2D eigenvalue weighted by Gasteiger charge is -2.13. The number of ketones is 1. The summed E-state index contributed by atoms with van der Waals surface area (Å²) in [5, 5.41) is 21.7. The molecular weight excluding hydrogens is 436 g/mol. The smallest absolute Gasteiger partial charge is 0.325 e. The average molecular weight is 445 g/mol. The summed E-state index contributed by atoms with van der Waals surface area (Å²) >= 11 is 0. The normalized spacial score (nSPS) is 12.5. The van der Waals surface area contributed by atoms with Gasteiger partial charge in [-0.25, -0.2) is 0 Å². The molecule has 0 aromatic heterocycles. The zero-order valence-electron chi connectivity index (χ0n) is 14.9. The van der Waals surface area contributed by atoms with Crippen molar-refractivity contribution in [2.45, 2.75) is 12.4 Å². The van der Waals surface area contributed by atoms with E-state index in [1.807, 2.05) is 5.32 Å². The quantitative estimate of drug-likeness (QED) is 0.238. The summed E-state index contributed by atoms with van der Waals surface area (Å²) in [4.78, 5) is 34.0. The van der Waals surface area contributed by atoms with Gasteiger partial charge in [-0.2, -0.15) is 31.6 Å². The van der Waals surface area contributed by atoms with Crippen molar-refractivity contribution in [3.8, 4) is 6.07 Å². The number of nitrogens with one attached hydrogen (secondary N) is 1. The largest absolute Gasteiger partial charge is 0.423 e. The Labute approximate surface area is 169 Å². The molecule has 0 bridgehead atoms. The molecule has 2 aromatic rings. The lowest BCUT2D eigenvalue weighted by Crippen LogP contribution is -2.29. The highest BCUT2D eigenvalue weighted by atomic mass is 19.4. The summed E-state index contributed by atoms with van der Waals surface area (Å²) in [7, 11) is 0. The van der Waals surface area contributed by atoms with Gasteiger partial charge in [-0.05, 0) is 24.3 Å². The van der Waals surface area contributed by atoms with Crippen LogP contribution >= 0.6 is 0 Å². The van der Waals surface area contributed by atoms with E-state index in [1.54, 1.807) is 0 Å². The predicted octanol–water partition coefficient (Wildman–Crippen LogP) is 4.59. The molecule has 0 radical (unpaired) electrons. The van der Waals surface area contributed by atoms with E-state index in [2.05, 4.69) is 0 Å². The fourth-order valence-corrected chi connectivity index (χ4v) is 2.44. The second kappa shape index (κ2) is 8.42. The highest BCUT2D eigenvalue weighted by Crippen LogP contribution is 2.37. The van der Waals surface area contributed by atoms with E-state index in [9.17, 15) is 46.0 Å². The van der Waals surface area contributed by atoms with Gasteiger partial charge >= 0.3 is 12.4 Å². The molecule has 0 saturated carbocycles. The fourth-order valence-electron chi connectivity index (χ4n) is 2.44. The Morgan fingerprint density at radius 1 is 1.00 bits per heavy atom. The van der Waals surface area contributed by atoms with Gasteiger partial charge in [-0.15, -0.1) is 0 Å². The summed E-state index contributed by atoms with van der Waals surface area (Å²) < 4.78 is 76.8. The highest BCUT2D eigenvalue weighted by molar-refractivity contribution is 6.15. The number of nitrogens with zero attached hydrogens (tertiary/aromatic N) is 2. The number of amides is 1. The van der Waals surface area contributed by atoms with E-state index in [0.717, 1.165) is 18.2 Å². The van der Waals surface area contributed by atoms with E-state index >= 15 is 0 Å². The monoisotopic (exact) mass is 445 g/mol. The van der Waals surface area contributed by atoms with Crippen LogP contribution in [-0.2, 0) is 17.1 Å². The van der Waals surface area contributed by atoms with E-state index < -0.39 is 62.9 Å². The Kier molecular flexibility index (Phi) is 6.34. The summed E-state index contributed by atoms with van der Waals surface area (Å²) in [5.41, 5.74) is -5.01. The molecule has 1 amide bonds. The molecule has 1 unspecified atom stereocenters. The van der Waals surface area contributed by atoms with E-state index in [-0.39, 0.29) is 6.07 Å². The van der Waals surface area contributed by atoms with Crippen LogP contribution < -0.4 is 5.32 Å². The summed E-state index contributed by atoms with van der Waals surface area (Å²) in [6.45, 7) is 0. The van der Waals surface area contributed by atoms with Gasteiger partial charge in [0.15, 0.2) is 11.7 Å². The number of alkyl halides is 6. The van der Waals surface area contributed by atoms with Crippen molar-refractivity contribution in [2.24, 2.45) is 5.92 Å². The molecule has 0 heterocycles. The fraction of sp³-hybridized carbons (Fsp3) is 0.167. The number of anilines is 1. The number of nitro benzene ring substituents is 1. The van der Waals surface area contributed by atoms with Crippen LogP contribution in [0.3, 0.4) is 0 Å². The van der Waals surface area contributed by atoms with Gasteiger partial charge in [-0.3, -0.25) is 19.7 Å². The Bertz CT molecular complexity index is 1070. The van der Waals surface area contributed by atoms with Gasteiger partial charge in [0.05, 0.1) is 16.6 Å². The van der Waals surface area contributed by atoms with Crippen LogP contribution in [-0.4, -0.2) is 16.6 Å². The maximum Gasteiger partial charge on any atom is 0.423 e.